The van der Waals surface area contributed by atoms with Crippen LogP contribution in [0.3, 0.4) is 0 Å². The highest BCUT2D eigenvalue weighted by Crippen LogP contribution is 2.28. The number of hydrogen-bond acceptors (Lipinski definition) is 12. The number of aliphatic hydroxyl groups excluding tert-OH is 2. The Kier molecular flexibility index (Phi) is 75.2. The summed E-state index contributed by atoms with van der Waals surface area (Å²) in [7, 11) is 1.00. The van der Waals surface area contributed by atoms with E-state index in [-0.39, 0.29) is 43.7 Å². The number of esters is 4. The highest BCUT2D eigenvalue weighted by molar-refractivity contribution is 5.71. The molecule has 0 aromatic heterocycles. The van der Waals surface area contributed by atoms with Crippen molar-refractivity contribution in [1.82, 2.24) is 0 Å². The number of allylic oxidation sites excluding steroid dienone is 2. The normalized spacial score (nSPS) is 16.0. The van der Waals surface area contributed by atoms with E-state index < -0.39 is 23.9 Å². The maximum absolute atomic E-state index is 12.9. The second kappa shape index (κ2) is 75.6. The second-order valence-electron chi connectivity index (χ2n) is 30.4. The molecule has 0 radical (unpaired) electrons. The van der Waals surface area contributed by atoms with Gasteiger partial charge >= 0.3 is 23.9 Å². The molecule has 0 saturated carbocycles. The Morgan fingerprint density at radius 3 is 0.908 bits per heavy atom. The molecule has 1 aliphatic heterocycles. The molecule has 6 atom stereocenters. The molecular formula is C86H166O12. The third-order valence-electron chi connectivity index (χ3n) is 20.2. The van der Waals surface area contributed by atoms with E-state index >= 15 is 0 Å². The van der Waals surface area contributed by atoms with Gasteiger partial charge in [-0.05, 0) is 76.0 Å². The molecule has 1 fully saturated rings. The van der Waals surface area contributed by atoms with Crippen molar-refractivity contribution >= 4 is 23.9 Å². The molecule has 1 aliphatic rings. The lowest BCUT2D eigenvalue weighted by atomic mass is 9.94. The largest absolute Gasteiger partial charge is 0.463 e. The molecule has 3 N–H and O–H groups in total. The zero-order valence-electron chi connectivity index (χ0n) is 66.4. The summed E-state index contributed by atoms with van der Waals surface area (Å²) in [4.78, 5) is 50.1. The highest BCUT2D eigenvalue weighted by Gasteiger charge is 2.43. The van der Waals surface area contributed by atoms with Gasteiger partial charge in [-0.3, -0.25) is 19.2 Å². The van der Waals surface area contributed by atoms with Crippen LogP contribution in [0.1, 0.15) is 441 Å². The molecule has 0 aromatic rings. The third kappa shape index (κ3) is 69.2. The van der Waals surface area contributed by atoms with Gasteiger partial charge in [-0.1, -0.05) is 362 Å². The first kappa shape index (κ1) is 97.5. The Morgan fingerprint density at radius 1 is 0.378 bits per heavy atom. The molecular weight excluding hydrogens is 1220 g/mol. The first-order chi connectivity index (χ1) is 47.7. The SMILES string of the molecule is CCCCCCC(C)CCCCCCCCCCC(=O)OCC(COC(=O)CCCCCCCCCCC(C)CCCCCC)OC(=O)CCCCCCCCCCC(C)CCCCCC.CCCCCCC/C=C/CCCCCCCCC(=O)OCC(O)C1OCCC1(C)O.CO. The Labute approximate surface area is 607 Å². The van der Waals surface area contributed by atoms with Gasteiger partial charge < -0.3 is 39.0 Å². The van der Waals surface area contributed by atoms with Crippen LogP contribution in [0.15, 0.2) is 12.2 Å². The molecule has 0 spiro atoms. The van der Waals surface area contributed by atoms with Crippen LogP contribution in [0.4, 0.5) is 0 Å². The highest BCUT2D eigenvalue weighted by atomic mass is 16.6. The zero-order chi connectivity index (χ0) is 72.5. The van der Waals surface area contributed by atoms with Gasteiger partial charge in [0.1, 0.15) is 32.0 Å². The lowest BCUT2D eigenvalue weighted by molar-refractivity contribution is -0.167. The molecule has 0 aliphatic carbocycles. The Balaban J connectivity index is 0. The Morgan fingerprint density at radius 2 is 0.622 bits per heavy atom. The number of unbranched alkanes of at least 4 members (excludes halogenated alkanes) is 41. The summed E-state index contributed by atoms with van der Waals surface area (Å²) in [5.41, 5.74) is -1.06. The predicted molar refractivity (Wildman–Crippen MR) is 414 cm³/mol. The van der Waals surface area contributed by atoms with E-state index in [1.54, 1.807) is 6.92 Å². The van der Waals surface area contributed by atoms with Gasteiger partial charge in [-0.25, -0.2) is 0 Å². The number of rotatable bonds is 71. The van der Waals surface area contributed by atoms with Gasteiger partial charge in [-0.15, -0.1) is 0 Å². The molecule has 0 amide bonds. The zero-order valence-corrected chi connectivity index (χ0v) is 66.4. The van der Waals surface area contributed by atoms with Crippen LogP contribution in [0.2, 0.25) is 0 Å². The van der Waals surface area contributed by atoms with E-state index in [1.165, 1.54) is 276 Å². The van der Waals surface area contributed by atoms with Crippen LogP contribution in [-0.4, -0.2) is 96.6 Å². The molecule has 12 heteroatoms. The van der Waals surface area contributed by atoms with E-state index in [9.17, 15) is 29.4 Å². The van der Waals surface area contributed by atoms with Crippen molar-refractivity contribution in [2.45, 2.75) is 465 Å². The number of carbonyl (C=O) groups is 4. The van der Waals surface area contributed by atoms with Crippen LogP contribution in [0.5, 0.6) is 0 Å². The number of hydrogen-bond donors (Lipinski definition) is 3. The average Bonchev–Trinajstić information content (AvgIpc) is 1.69. The summed E-state index contributed by atoms with van der Waals surface area (Å²) in [6.07, 6.45) is 73.2. The topological polar surface area (TPSA) is 175 Å². The standard InChI is InChI=1S/C60H116O6.C25H46O5.CH4O/c1-7-10-13-34-43-54(4)46-37-28-22-16-19-25-31-40-49-58(61)64-52-57(66-60(63)51-42-33-27-21-18-24-30-39-48-56(6)45-36-15-12-9-3)53-65-59(62)50-41-32-26-20-17-23-29-38-47-55(5)44-35-14-11-8-2;1-3-4-5-6-7-8-9-10-11-12-13-14-15-16-17-18-23(27)30-21-22(26)24-25(2,28)19-20-29-24;1-2/h54-57H,7-53H2,1-6H3;9-10,22,24,26,28H,3-8,11-21H2,1-2H3;2H,1H3/b;10-9+;. The van der Waals surface area contributed by atoms with Gasteiger partial charge in [0.2, 0.25) is 0 Å². The lowest BCUT2D eigenvalue weighted by Gasteiger charge is -2.27. The van der Waals surface area contributed by atoms with E-state index in [0.717, 1.165) is 102 Å². The molecule has 98 heavy (non-hydrogen) atoms. The summed E-state index contributed by atoms with van der Waals surface area (Å²) < 4.78 is 27.4. The first-order valence-corrected chi connectivity index (χ1v) is 42.5. The Bertz CT molecular complexity index is 1670. The van der Waals surface area contributed by atoms with Gasteiger partial charge in [0.05, 0.1) is 12.2 Å². The molecule has 0 aromatic carbocycles. The summed E-state index contributed by atoms with van der Waals surface area (Å²) >= 11 is 0. The van der Waals surface area contributed by atoms with Crippen LogP contribution >= 0.6 is 0 Å². The molecule has 1 heterocycles. The smallest absolute Gasteiger partial charge is 0.306 e. The molecule has 1 saturated heterocycles. The van der Waals surface area contributed by atoms with Crippen molar-refractivity contribution in [3.8, 4) is 0 Å². The van der Waals surface area contributed by atoms with Crippen LogP contribution in [0, 0.1) is 17.8 Å². The summed E-state index contributed by atoms with van der Waals surface area (Å²) in [6, 6.07) is 0. The minimum absolute atomic E-state index is 0.0648. The first-order valence-electron chi connectivity index (χ1n) is 42.5. The maximum Gasteiger partial charge on any atom is 0.306 e. The van der Waals surface area contributed by atoms with Crippen LogP contribution in [0.25, 0.3) is 0 Å². The number of ether oxygens (including phenoxy) is 5. The number of aliphatic hydroxyl groups is 3. The molecule has 0 bridgehead atoms. The van der Waals surface area contributed by atoms with E-state index in [2.05, 4.69) is 60.6 Å². The predicted octanol–water partition coefficient (Wildman–Crippen LogP) is 24.6. The van der Waals surface area contributed by atoms with Crippen LogP contribution < -0.4 is 0 Å². The van der Waals surface area contributed by atoms with Crippen molar-refractivity contribution in [3.05, 3.63) is 12.2 Å². The minimum atomic E-state index is -1.06. The molecule has 582 valence electrons. The molecule has 12 nitrogen and oxygen atoms in total. The second-order valence-corrected chi connectivity index (χ2v) is 30.4. The average molecular weight is 1390 g/mol. The van der Waals surface area contributed by atoms with E-state index in [0.29, 0.717) is 38.7 Å². The van der Waals surface area contributed by atoms with E-state index in [1.807, 2.05) is 0 Å². The van der Waals surface area contributed by atoms with Crippen LogP contribution in [-0.2, 0) is 42.9 Å². The fourth-order valence-electron chi connectivity index (χ4n) is 13.5. The van der Waals surface area contributed by atoms with Crippen molar-refractivity contribution in [3.63, 3.8) is 0 Å². The summed E-state index contributed by atoms with van der Waals surface area (Å²) in [5.74, 6) is 1.47. The van der Waals surface area contributed by atoms with Gasteiger partial charge in [0.15, 0.2) is 6.10 Å². The monoisotopic (exact) mass is 1390 g/mol. The van der Waals surface area contributed by atoms with Gasteiger partial charge in [-0.2, -0.15) is 0 Å². The van der Waals surface area contributed by atoms with E-state index in [4.69, 9.17) is 28.8 Å². The van der Waals surface area contributed by atoms with Gasteiger partial charge in [0, 0.05) is 39.2 Å². The minimum Gasteiger partial charge on any atom is -0.463 e. The van der Waals surface area contributed by atoms with Crippen molar-refractivity contribution in [2.24, 2.45) is 17.8 Å². The van der Waals surface area contributed by atoms with Gasteiger partial charge in [0.25, 0.3) is 0 Å². The van der Waals surface area contributed by atoms with Crippen molar-refractivity contribution < 1.29 is 58.2 Å². The quantitative estimate of drug-likeness (QED) is 0.0228. The molecule has 1 rings (SSSR count). The lowest BCUT2D eigenvalue weighted by Crippen LogP contribution is -2.45. The summed E-state index contributed by atoms with van der Waals surface area (Å²) in [6.45, 7) is 18.2. The fraction of sp³-hybridized carbons (Fsp3) is 0.930. The molecule has 6 unspecified atom stereocenters. The Hall–Kier alpha value is -2.54. The summed E-state index contributed by atoms with van der Waals surface area (Å²) in [5, 5.41) is 27.2. The fourth-order valence-corrected chi connectivity index (χ4v) is 13.5. The van der Waals surface area contributed by atoms with Crippen molar-refractivity contribution in [2.75, 3.05) is 33.5 Å². The van der Waals surface area contributed by atoms with Crippen molar-refractivity contribution in [1.29, 1.82) is 0 Å². The number of carbonyl (C=O) groups excluding carboxylic acids is 4. The third-order valence-corrected chi connectivity index (χ3v) is 20.2. The maximum atomic E-state index is 12.9.